The van der Waals surface area contributed by atoms with Gasteiger partial charge in [0.25, 0.3) is 0 Å². The lowest BCUT2D eigenvalue weighted by atomic mass is 10.2. The summed E-state index contributed by atoms with van der Waals surface area (Å²) in [6.45, 7) is 3.93. The van der Waals surface area contributed by atoms with E-state index in [0.717, 1.165) is 24.0 Å². The van der Waals surface area contributed by atoms with Gasteiger partial charge in [0, 0.05) is 21.3 Å². The third-order valence-corrected chi connectivity index (χ3v) is 4.27. The van der Waals surface area contributed by atoms with E-state index in [1.165, 1.54) is 4.88 Å². The van der Waals surface area contributed by atoms with Gasteiger partial charge in [-0.05, 0) is 28.4 Å². The van der Waals surface area contributed by atoms with Crippen LogP contribution in [-0.2, 0) is 0 Å². The van der Waals surface area contributed by atoms with Gasteiger partial charge in [0.1, 0.15) is 0 Å². The zero-order chi connectivity index (χ0) is 10.8. The van der Waals surface area contributed by atoms with E-state index < -0.39 is 0 Å². The highest BCUT2D eigenvalue weighted by atomic mass is 79.9. The van der Waals surface area contributed by atoms with Gasteiger partial charge >= 0.3 is 0 Å². The van der Waals surface area contributed by atoms with Crippen molar-refractivity contribution < 1.29 is 0 Å². The highest BCUT2D eigenvalue weighted by Gasteiger charge is 2.27. The molecule has 0 bridgehead atoms. The van der Waals surface area contributed by atoms with Gasteiger partial charge in [0.15, 0.2) is 5.96 Å². The number of halogens is 1. The zero-order valence-corrected chi connectivity index (χ0v) is 11.0. The lowest BCUT2D eigenvalue weighted by molar-refractivity contribution is 0.351. The first-order valence-electron chi connectivity index (χ1n) is 5.03. The number of hydrogen-bond acceptors (Lipinski definition) is 4. The first-order valence-corrected chi connectivity index (χ1v) is 6.70. The van der Waals surface area contributed by atoms with Crippen molar-refractivity contribution >= 4 is 33.2 Å². The number of nitrogens with two attached hydrogens (primary N) is 1. The summed E-state index contributed by atoms with van der Waals surface area (Å²) in [6.07, 6.45) is 1.10. The molecule has 2 heterocycles. The molecule has 2 rings (SSSR count). The molecule has 0 amide bonds. The highest BCUT2D eigenvalue weighted by Crippen LogP contribution is 2.32. The maximum Gasteiger partial charge on any atom is 0.191 e. The third kappa shape index (κ3) is 2.18. The largest absolute Gasteiger partial charge is 0.370 e. The Morgan fingerprint density at radius 3 is 3.13 bits per heavy atom. The minimum absolute atomic E-state index is 0.348. The van der Waals surface area contributed by atoms with Crippen LogP contribution in [0.3, 0.4) is 0 Å². The SMILES string of the molecule is CCCN1C(N)=NCC1c1cc(Br)cs1. The zero-order valence-electron chi connectivity index (χ0n) is 8.61. The molecule has 1 unspecified atom stereocenters. The highest BCUT2D eigenvalue weighted by molar-refractivity contribution is 9.10. The quantitative estimate of drug-likeness (QED) is 0.929. The van der Waals surface area contributed by atoms with E-state index in [2.05, 4.69) is 44.2 Å². The number of rotatable bonds is 3. The van der Waals surface area contributed by atoms with Crippen molar-refractivity contribution in [2.45, 2.75) is 19.4 Å². The van der Waals surface area contributed by atoms with Crippen molar-refractivity contribution in [3.63, 3.8) is 0 Å². The second-order valence-corrected chi connectivity index (χ2v) is 5.43. The van der Waals surface area contributed by atoms with Gasteiger partial charge in [-0.15, -0.1) is 11.3 Å². The molecule has 0 aromatic carbocycles. The molecule has 1 aliphatic heterocycles. The average molecular weight is 288 g/mol. The van der Waals surface area contributed by atoms with Crippen molar-refractivity contribution in [1.29, 1.82) is 0 Å². The van der Waals surface area contributed by atoms with Crippen LogP contribution in [0, 0.1) is 0 Å². The number of aliphatic imine (C=N–C) groups is 1. The van der Waals surface area contributed by atoms with E-state index in [1.807, 2.05) is 0 Å². The molecular weight excluding hydrogens is 274 g/mol. The van der Waals surface area contributed by atoms with Crippen LogP contribution in [-0.4, -0.2) is 23.9 Å². The maximum atomic E-state index is 5.87. The maximum absolute atomic E-state index is 5.87. The number of nitrogens with zero attached hydrogens (tertiary/aromatic N) is 2. The monoisotopic (exact) mass is 287 g/mol. The van der Waals surface area contributed by atoms with Gasteiger partial charge in [-0.2, -0.15) is 0 Å². The molecular formula is C10H14BrN3S. The van der Waals surface area contributed by atoms with Gasteiger partial charge in [0.2, 0.25) is 0 Å². The van der Waals surface area contributed by atoms with Crippen molar-refractivity contribution in [2.24, 2.45) is 10.7 Å². The molecule has 82 valence electrons. The Morgan fingerprint density at radius 2 is 2.53 bits per heavy atom. The van der Waals surface area contributed by atoms with E-state index in [9.17, 15) is 0 Å². The Balaban J connectivity index is 2.17. The van der Waals surface area contributed by atoms with E-state index >= 15 is 0 Å². The number of guanidine groups is 1. The summed E-state index contributed by atoms with van der Waals surface area (Å²) in [6, 6.07) is 2.51. The molecule has 3 nitrogen and oxygen atoms in total. The first kappa shape index (κ1) is 11.0. The Kier molecular flexibility index (Phi) is 3.31. The minimum Gasteiger partial charge on any atom is -0.370 e. The second kappa shape index (κ2) is 4.53. The molecule has 0 spiro atoms. The molecule has 5 heteroatoms. The summed E-state index contributed by atoms with van der Waals surface area (Å²) >= 11 is 5.24. The predicted octanol–water partition coefficient (Wildman–Crippen LogP) is 2.59. The summed E-state index contributed by atoms with van der Waals surface area (Å²) in [7, 11) is 0. The van der Waals surface area contributed by atoms with Crippen molar-refractivity contribution in [1.82, 2.24) is 4.90 Å². The molecule has 2 N–H and O–H groups in total. The molecule has 0 fully saturated rings. The summed E-state index contributed by atoms with van der Waals surface area (Å²) in [5.41, 5.74) is 5.87. The normalized spacial score (nSPS) is 20.8. The molecule has 1 aromatic rings. The summed E-state index contributed by atoms with van der Waals surface area (Å²) in [5.74, 6) is 0.686. The van der Waals surface area contributed by atoms with E-state index in [-0.39, 0.29) is 0 Å². The third-order valence-electron chi connectivity index (χ3n) is 2.48. The van der Waals surface area contributed by atoms with Crippen molar-refractivity contribution in [3.8, 4) is 0 Å². The summed E-state index contributed by atoms with van der Waals surface area (Å²) < 4.78 is 1.14. The molecule has 1 atom stereocenters. The number of hydrogen-bond donors (Lipinski definition) is 1. The lowest BCUT2D eigenvalue weighted by Crippen LogP contribution is -2.36. The predicted molar refractivity (Wildman–Crippen MR) is 68.2 cm³/mol. The Morgan fingerprint density at radius 1 is 1.73 bits per heavy atom. The van der Waals surface area contributed by atoms with Crippen LogP contribution in [0.1, 0.15) is 24.3 Å². The van der Waals surface area contributed by atoms with Crippen LogP contribution in [0.25, 0.3) is 0 Å². The average Bonchev–Trinajstić information content (AvgIpc) is 2.76. The first-order chi connectivity index (χ1) is 7.22. The molecule has 1 aliphatic rings. The van der Waals surface area contributed by atoms with Gasteiger partial charge < -0.3 is 10.6 Å². The van der Waals surface area contributed by atoms with Crippen LogP contribution in [0.4, 0.5) is 0 Å². The molecule has 0 aliphatic carbocycles. The van der Waals surface area contributed by atoms with Gasteiger partial charge in [-0.3, -0.25) is 4.99 Å². The van der Waals surface area contributed by atoms with Crippen LogP contribution in [0.5, 0.6) is 0 Å². The van der Waals surface area contributed by atoms with Gasteiger partial charge in [-0.25, -0.2) is 0 Å². The molecule has 0 radical (unpaired) electrons. The Bertz CT molecular complexity index is 374. The minimum atomic E-state index is 0.348. The summed E-state index contributed by atoms with van der Waals surface area (Å²) in [4.78, 5) is 7.84. The summed E-state index contributed by atoms with van der Waals surface area (Å²) in [5, 5.41) is 2.11. The van der Waals surface area contributed by atoms with Crippen LogP contribution < -0.4 is 5.73 Å². The van der Waals surface area contributed by atoms with Gasteiger partial charge in [0.05, 0.1) is 12.6 Å². The molecule has 0 saturated carbocycles. The topological polar surface area (TPSA) is 41.6 Å². The molecule has 1 aromatic heterocycles. The molecule has 15 heavy (non-hydrogen) atoms. The van der Waals surface area contributed by atoms with Crippen molar-refractivity contribution in [2.75, 3.05) is 13.1 Å². The fourth-order valence-electron chi connectivity index (χ4n) is 1.79. The van der Waals surface area contributed by atoms with Crippen molar-refractivity contribution in [3.05, 3.63) is 20.8 Å². The lowest BCUT2D eigenvalue weighted by Gasteiger charge is -2.24. The molecule has 0 saturated heterocycles. The van der Waals surface area contributed by atoms with E-state index in [0.29, 0.717) is 12.0 Å². The Labute approximate surface area is 102 Å². The fraction of sp³-hybridized carbons (Fsp3) is 0.500. The van der Waals surface area contributed by atoms with E-state index in [4.69, 9.17) is 5.73 Å². The van der Waals surface area contributed by atoms with Crippen LogP contribution >= 0.6 is 27.3 Å². The Hall–Kier alpha value is -0.550. The van der Waals surface area contributed by atoms with Gasteiger partial charge in [-0.1, -0.05) is 6.92 Å². The second-order valence-electron chi connectivity index (χ2n) is 3.58. The van der Waals surface area contributed by atoms with Crippen LogP contribution in [0.15, 0.2) is 20.9 Å². The van der Waals surface area contributed by atoms with Crippen LogP contribution in [0.2, 0.25) is 0 Å². The standard InChI is InChI=1S/C10H14BrN3S/c1-2-3-14-8(5-13-10(14)12)9-4-7(11)6-15-9/h4,6,8H,2-3,5H2,1H3,(H2,12,13). The van der Waals surface area contributed by atoms with E-state index in [1.54, 1.807) is 11.3 Å². The smallest absolute Gasteiger partial charge is 0.191 e. The number of thiophene rings is 1. The fourth-order valence-corrected chi connectivity index (χ4v) is 3.34.